The fourth-order valence-electron chi connectivity index (χ4n) is 3.43. The molecule has 28 heavy (non-hydrogen) atoms. The first-order valence-electron chi connectivity index (χ1n) is 9.20. The van der Waals surface area contributed by atoms with Crippen LogP contribution in [0.5, 0.6) is 0 Å². The first-order valence-corrected chi connectivity index (χ1v) is 9.20. The summed E-state index contributed by atoms with van der Waals surface area (Å²) < 4.78 is 31.5. The maximum atomic E-state index is 13.1. The molecule has 1 fully saturated rings. The highest BCUT2D eigenvalue weighted by atomic mass is 19.1. The zero-order valence-electron chi connectivity index (χ0n) is 15.1. The van der Waals surface area contributed by atoms with Crippen LogP contribution < -0.4 is 0 Å². The number of benzene rings is 2. The minimum absolute atomic E-state index is 0.0346. The second kappa shape index (κ2) is 7.88. The normalized spacial score (nSPS) is 16.9. The van der Waals surface area contributed by atoms with Crippen molar-refractivity contribution in [1.82, 2.24) is 15.0 Å². The molecule has 144 valence electrons. The Bertz CT molecular complexity index is 955. The molecule has 1 aliphatic heterocycles. The van der Waals surface area contributed by atoms with Crippen molar-refractivity contribution in [1.29, 1.82) is 0 Å². The highest BCUT2D eigenvalue weighted by Gasteiger charge is 2.29. The Labute approximate surface area is 161 Å². The first-order chi connectivity index (χ1) is 13.6. The lowest BCUT2D eigenvalue weighted by atomic mass is 9.97. The maximum absolute atomic E-state index is 13.1. The molecule has 0 N–H and O–H groups in total. The Morgan fingerprint density at radius 3 is 2.46 bits per heavy atom. The number of nitrogens with zero attached hydrogens (tertiary/aromatic N) is 3. The second-order valence-corrected chi connectivity index (χ2v) is 6.95. The summed E-state index contributed by atoms with van der Waals surface area (Å²) in [6.45, 7) is 1.12. The lowest BCUT2D eigenvalue weighted by Crippen LogP contribution is -2.39. The van der Waals surface area contributed by atoms with Crippen molar-refractivity contribution in [2.45, 2.75) is 25.2 Å². The van der Waals surface area contributed by atoms with Crippen LogP contribution in [0.3, 0.4) is 0 Å². The van der Waals surface area contributed by atoms with Crippen molar-refractivity contribution in [3.63, 3.8) is 0 Å². The Kier molecular flexibility index (Phi) is 5.14. The standard InChI is InChI=1S/C21H19F2N3O2/c22-17-7-3-14(4-8-17)12-19-24-20(28-25-19)16-2-1-11-26(13-16)21(27)15-5-9-18(23)10-6-15/h3-10,16H,1-2,11-13H2. The van der Waals surface area contributed by atoms with E-state index in [-0.39, 0.29) is 23.5 Å². The molecule has 0 bridgehead atoms. The van der Waals surface area contributed by atoms with Gasteiger partial charge in [-0.1, -0.05) is 17.3 Å². The van der Waals surface area contributed by atoms with Crippen LogP contribution in [0.1, 0.15) is 46.4 Å². The number of hydrogen-bond donors (Lipinski definition) is 0. The van der Waals surface area contributed by atoms with Crippen LogP contribution in [0.4, 0.5) is 8.78 Å². The molecule has 3 aromatic rings. The summed E-state index contributed by atoms with van der Waals surface area (Å²) >= 11 is 0. The van der Waals surface area contributed by atoms with Crippen molar-refractivity contribution >= 4 is 5.91 Å². The summed E-state index contributed by atoms with van der Waals surface area (Å²) in [6.07, 6.45) is 2.13. The summed E-state index contributed by atoms with van der Waals surface area (Å²) in [6, 6.07) is 11.7. The molecule has 0 saturated carbocycles. The van der Waals surface area contributed by atoms with Crippen LogP contribution in [0.2, 0.25) is 0 Å². The smallest absolute Gasteiger partial charge is 0.253 e. The van der Waals surface area contributed by atoms with Crippen molar-refractivity contribution in [3.05, 3.63) is 83.0 Å². The van der Waals surface area contributed by atoms with Crippen molar-refractivity contribution < 1.29 is 18.1 Å². The molecule has 0 aliphatic carbocycles. The number of amides is 1. The van der Waals surface area contributed by atoms with Gasteiger partial charge in [0.2, 0.25) is 5.89 Å². The molecule has 1 aliphatic rings. The second-order valence-electron chi connectivity index (χ2n) is 6.95. The molecule has 1 unspecified atom stereocenters. The predicted molar refractivity (Wildman–Crippen MR) is 97.8 cm³/mol. The molecule has 1 amide bonds. The number of halogens is 2. The monoisotopic (exact) mass is 383 g/mol. The van der Waals surface area contributed by atoms with E-state index in [1.807, 2.05) is 0 Å². The number of piperidine rings is 1. The average Bonchev–Trinajstić information content (AvgIpc) is 3.18. The number of likely N-dealkylation sites (tertiary alicyclic amines) is 1. The van der Waals surface area contributed by atoms with Gasteiger partial charge >= 0.3 is 0 Å². The van der Waals surface area contributed by atoms with Crippen molar-refractivity contribution in [3.8, 4) is 0 Å². The van der Waals surface area contributed by atoms with E-state index in [4.69, 9.17) is 4.52 Å². The Balaban J connectivity index is 1.43. The topological polar surface area (TPSA) is 59.2 Å². The molecule has 1 atom stereocenters. The van der Waals surface area contributed by atoms with Crippen LogP contribution in [0.25, 0.3) is 0 Å². The van der Waals surface area contributed by atoms with Gasteiger partial charge in [0.05, 0.1) is 5.92 Å². The molecule has 1 aromatic heterocycles. The van der Waals surface area contributed by atoms with Crippen LogP contribution in [0, 0.1) is 11.6 Å². The summed E-state index contributed by atoms with van der Waals surface area (Å²) in [5.74, 6) is 0.221. The van der Waals surface area contributed by atoms with Gasteiger partial charge in [-0.25, -0.2) is 8.78 Å². The van der Waals surface area contributed by atoms with Crippen LogP contribution in [-0.2, 0) is 6.42 Å². The number of carbonyl (C=O) groups excluding carboxylic acids is 1. The zero-order chi connectivity index (χ0) is 19.5. The molecule has 5 nitrogen and oxygen atoms in total. The minimum Gasteiger partial charge on any atom is -0.339 e. The summed E-state index contributed by atoms with van der Waals surface area (Å²) in [5, 5.41) is 4.02. The molecule has 2 aromatic carbocycles. The number of carbonyl (C=O) groups is 1. The predicted octanol–water partition coefficient (Wildman–Crippen LogP) is 3.96. The fraction of sp³-hybridized carbons (Fsp3) is 0.286. The fourth-order valence-corrected chi connectivity index (χ4v) is 3.43. The summed E-state index contributed by atoms with van der Waals surface area (Å²) in [5.41, 5.74) is 1.36. The maximum Gasteiger partial charge on any atom is 0.253 e. The van der Waals surface area contributed by atoms with Crippen molar-refractivity contribution in [2.24, 2.45) is 0 Å². The highest BCUT2D eigenvalue weighted by Crippen LogP contribution is 2.27. The lowest BCUT2D eigenvalue weighted by molar-refractivity contribution is 0.0695. The highest BCUT2D eigenvalue weighted by molar-refractivity contribution is 5.94. The largest absolute Gasteiger partial charge is 0.339 e. The van der Waals surface area contributed by atoms with Crippen LogP contribution >= 0.6 is 0 Å². The molecule has 4 rings (SSSR count). The van der Waals surface area contributed by atoms with Crippen LogP contribution in [0.15, 0.2) is 53.1 Å². The zero-order valence-corrected chi connectivity index (χ0v) is 15.1. The third-order valence-electron chi connectivity index (χ3n) is 4.91. The third kappa shape index (κ3) is 4.08. The number of hydrogen-bond acceptors (Lipinski definition) is 4. The van der Waals surface area contributed by atoms with Gasteiger partial charge in [0.25, 0.3) is 5.91 Å². The number of rotatable bonds is 4. The van der Waals surface area contributed by atoms with Gasteiger partial charge < -0.3 is 9.42 Å². The van der Waals surface area contributed by atoms with Gasteiger partial charge in [-0.05, 0) is 54.8 Å². The average molecular weight is 383 g/mol. The Morgan fingerprint density at radius 2 is 1.75 bits per heavy atom. The van der Waals surface area contributed by atoms with E-state index in [2.05, 4.69) is 10.1 Å². The lowest BCUT2D eigenvalue weighted by Gasteiger charge is -2.31. The van der Waals surface area contributed by atoms with Gasteiger partial charge in [0.1, 0.15) is 11.6 Å². The molecule has 0 spiro atoms. The van der Waals surface area contributed by atoms with Gasteiger partial charge in [-0.3, -0.25) is 4.79 Å². The van der Waals surface area contributed by atoms with E-state index in [1.54, 1.807) is 17.0 Å². The minimum atomic E-state index is -0.368. The van der Waals surface area contributed by atoms with Gasteiger partial charge in [0, 0.05) is 25.1 Å². The number of aromatic nitrogens is 2. The molecule has 7 heteroatoms. The van der Waals surface area contributed by atoms with E-state index in [0.717, 1.165) is 18.4 Å². The van der Waals surface area contributed by atoms with E-state index in [9.17, 15) is 13.6 Å². The van der Waals surface area contributed by atoms with E-state index >= 15 is 0 Å². The van der Waals surface area contributed by atoms with E-state index < -0.39 is 0 Å². The quantitative estimate of drug-likeness (QED) is 0.684. The Hall–Kier alpha value is -3.09. The molecule has 2 heterocycles. The first kappa shape index (κ1) is 18.3. The third-order valence-corrected chi connectivity index (χ3v) is 4.91. The molecular weight excluding hydrogens is 364 g/mol. The van der Waals surface area contributed by atoms with Gasteiger partial charge in [-0.2, -0.15) is 4.98 Å². The van der Waals surface area contributed by atoms with E-state index in [0.29, 0.717) is 36.8 Å². The summed E-state index contributed by atoms with van der Waals surface area (Å²) in [7, 11) is 0. The van der Waals surface area contributed by atoms with Gasteiger partial charge in [-0.15, -0.1) is 0 Å². The SMILES string of the molecule is O=C(c1ccc(F)cc1)N1CCCC(c2nc(Cc3ccc(F)cc3)no2)C1. The molecular formula is C21H19F2N3O2. The van der Waals surface area contributed by atoms with Gasteiger partial charge in [0.15, 0.2) is 5.82 Å². The molecule has 0 radical (unpaired) electrons. The van der Waals surface area contributed by atoms with E-state index in [1.165, 1.54) is 36.4 Å². The molecule has 1 saturated heterocycles. The Morgan fingerprint density at radius 1 is 1.07 bits per heavy atom. The van der Waals surface area contributed by atoms with Crippen molar-refractivity contribution in [2.75, 3.05) is 13.1 Å². The van der Waals surface area contributed by atoms with Crippen LogP contribution in [-0.4, -0.2) is 34.0 Å². The summed E-state index contributed by atoms with van der Waals surface area (Å²) in [4.78, 5) is 18.9.